The summed E-state index contributed by atoms with van der Waals surface area (Å²) in [4.78, 5) is 15.6. The van der Waals surface area contributed by atoms with Crippen LogP contribution in [0.4, 0.5) is 0 Å². The van der Waals surface area contributed by atoms with Gasteiger partial charge in [0.1, 0.15) is 11.7 Å². The van der Waals surface area contributed by atoms with E-state index in [0.717, 1.165) is 24.2 Å². The molecule has 0 aromatic carbocycles. The molecule has 3 heterocycles. The zero-order valence-electron chi connectivity index (χ0n) is 9.91. The van der Waals surface area contributed by atoms with Crippen molar-refractivity contribution in [3.8, 4) is 0 Å². The van der Waals surface area contributed by atoms with Gasteiger partial charge in [-0.1, -0.05) is 6.07 Å². The van der Waals surface area contributed by atoms with Gasteiger partial charge in [-0.15, -0.1) is 0 Å². The van der Waals surface area contributed by atoms with Crippen molar-refractivity contribution in [3.63, 3.8) is 0 Å². The lowest BCUT2D eigenvalue weighted by Crippen LogP contribution is -2.42. The second kappa shape index (κ2) is 4.42. The smallest absolute Gasteiger partial charge is 0.320 e. The maximum Gasteiger partial charge on any atom is 0.320 e. The lowest BCUT2D eigenvalue weighted by atomic mass is 9.97. The van der Waals surface area contributed by atoms with Crippen LogP contribution < -0.4 is 5.32 Å². The molecule has 0 aliphatic carbocycles. The Labute approximate surface area is 104 Å². The van der Waals surface area contributed by atoms with Gasteiger partial charge in [0.15, 0.2) is 0 Å². The van der Waals surface area contributed by atoms with Gasteiger partial charge in [-0.3, -0.25) is 10.1 Å². The number of aliphatic carboxylic acids is 1. The van der Waals surface area contributed by atoms with E-state index in [4.69, 9.17) is 5.11 Å². The van der Waals surface area contributed by atoms with Crippen molar-refractivity contribution in [3.05, 3.63) is 36.3 Å². The molecule has 1 aliphatic rings. The number of hydrogen-bond donors (Lipinski definition) is 2. The fraction of sp³-hybridized carbons (Fsp3) is 0.385. The third-order valence-corrected chi connectivity index (χ3v) is 3.43. The van der Waals surface area contributed by atoms with Gasteiger partial charge in [0.25, 0.3) is 0 Å². The van der Waals surface area contributed by atoms with Gasteiger partial charge in [-0.25, -0.2) is 4.98 Å². The van der Waals surface area contributed by atoms with Crippen molar-refractivity contribution in [2.24, 2.45) is 0 Å². The molecule has 0 spiro atoms. The Morgan fingerprint density at radius 3 is 3.11 bits per heavy atom. The van der Waals surface area contributed by atoms with Gasteiger partial charge in [0.2, 0.25) is 0 Å². The van der Waals surface area contributed by atoms with Crippen LogP contribution in [0.25, 0.3) is 5.65 Å². The molecule has 1 aliphatic heterocycles. The number of carboxylic acid groups (broad SMARTS) is 1. The van der Waals surface area contributed by atoms with E-state index >= 15 is 0 Å². The number of imidazole rings is 1. The van der Waals surface area contributed by atoms with Gasteiger partial charge in [-0.2, -0.15) is 0 Å². The monoisotopic (exact) mass is 245 g/mol. The van der Waals surface area contributed by atoms with Gasteiger partial charge in [-0.05, 0) is 31.4 Å². The van der Waals surface area contributed by atoms with Gasteiger partial charge in [0.05, 0.1) is 11.7 Å². The first kappa shape index (κ1) is 11.2. The summed E-state index contributed by atoms with van der Waals surface area (Å²) >= 11 is 0. The highest BCUT2D eigenvalue weighted by molar-refractivity contribution is 5.73. The number of nitrogens with zero attached hydrogens (tertiary/aromatic N) is 2. The summed E-state index contributed by atoms with van der Waals surface area (Å²) in [5, 5.41) is 12.2. The number of piperidine rings is 1. The van der Waals surface area contributed by atoms with Gasteiger partial charge in [0, 0.05) is 12.4 Å². The molecule has 2 aromatic rings. The van der Waals surface area contributed by atoms with Crippen LogP contribution in [0.3, 0.4) is 0 Å². The Balaban J connectivity index is 1.87. The average Bonchev–Trinajstić information content (AvgIpc) is 2.82. The highest BCUT2D eigenvalue weighted by atomic mass is 16.4. The first-order valence-electron chi connectivity index (χ1n) is 6.16. The standard InChI is InChI=1S/C13H15N3O2/c17-13(18)10-5-3-4-9(14-10)11-8-16-7-2-1-6-12(16)15-11/h1-2,6-10,14H,3-5H2,(H,17,18). The minimum absolute atomic E-state index is 0.0414. The first-order valence-corrected chi connectivity index (χ1v) is 6.16. The molecule has 94 valence electrons. The summed E-state index contributed by atoms with van der Waals surface area (Å²) in [6, 6.07) is 5.43. The first-order chi connectivity index (χ1) is 8.74. The van der Waals surface area contributed by atoms with E-state index < -0.39 is 12.0 Å². The minimum atomic E-state index is -0.775. The number of rotatable bonds is 2. The maximum atomic E-state index is 11.0. The molecule has 5 heteroatoms. The minimum Gasteiger partial charge on any atom is -0.480 e. The van der Waals surface area contributed by atoms with Crippen LogP contribution in [0, 0.1) is 0 Å². The van der Waals surface area contributed by atoms with Gasteiger partial charge >= 0.3 is 5.97 Å². The topological polar surface area (TPSA) is 66.6 Å². The summed E-state index contributed by atoms with van der Waals surface area (Å²) in [6.45, 7) is 0. The van der Waals surface area contributed by atoms with Gasteiger partial charge < -0.3 is 9.51 Å². The Morgan fingerprint density at radius 1 is 1.44 bits per heavy atom. The van der Waals surface area contributed by atoms with Crippen molar-refractivity contribution in [1.82, 2.24) is 14.7 Å². The SMILES string of the molecule is O=C(O)C1CCCC(c2cn3ccccc3n2)N1. The van der Waals surface area contributed by atoms with Crippen molar-refractivity contribution in [2.45, 2.75) is 31.3 Å². The van der Waals surface area contributed by atoms with Crippen LogP contribution in [0.1, 0.15) is 31.0 Å². The van der Waals surface area contributed by atoms with E-state index in [-0.39, 0.29) is 6.04 Å². The predicted octanol–water partition coefficient (Wildman–Crippen LogP) is 1.60. The highest BCUT2D eigenvalue weighted by Gasteiger charge is 2.28. The fourth-order valence-electron chi connectivity index (χ4n) is 2.49. The lowest BCUT2D eigenvalue weighted by molar-refractivity contribution is -0.140. The summed E-state index contributed by atoms with van der Waals surface area (Å²) in [6.07, 6.45) is 6.47. The average molecular weight is 245 g/mol. The third-order valence-electron chi connectivity index (χ3n) is 3.43. The molecule has 0 saturated carbocycles. The molecular formula is C13H15N3O2. The lowest BCUT2D eigenvalue weighted by Gasteiger charge is -2.27. The van der Waals surface area contributed by atoms with E-state index in [1.54, 1.807) is 0 Å². The van der Waals surface area contributed by atoms with Crippen molar-refractivity contribution in [2.75, 3.05) is 0 Å². The molecule has 2 atom stereocenters. The number of pyridine rings is 1. The molecule has 1 fully saturated rings. The van der Waals surface area contributed by atoms with Crippen LogP contribution in [0.2, 0.25) is 0 Å². The van der Waals surface area contributed by atoms with Crippen LogP contribution in [0.15, 0.2) is 30.6 Å². The highest BCUT2D eigenvalue weighted by Crippen LogP contribution is 2.25. The zero-order chi connectivity index (χ0) is 12.5. The van der Waals surface area contributed by atoms with E-state index in [9.17, 15) is 4.79 Å². The van der Waals surface area contributed by atoms with Crippen LogP contribution in [-0.2, 0) is 4.79 Å². The molecule has 3 rings (SSSR count). The second-order valence-electron chi connectivity index (χ2n) is 4.67. The summed E-state index contributed by atoms with van der Waals surface area (Å²) < 4.78 is 1.96. The number of aromatic nitrogens is 2. The van der Waals surface area contributed by atoms with E-state index in [0.29, 0.717) is 6.42 Å². The molecule has 2 unspecified atom stereocenters. The molecular weight excluding hydrogens is 230 g/mol. The quantitative estimate of drug-likeness (QED) is 0.843. The van der Waals surface area contributed by atoms with E-state index in [1.807, 2.05) is 35.0 Å². The predicted molar refractivity (Wildman–Crippen MR) is 66.3 cm³/mol. The van der Waals surface area contributed by atoms with Crippen LogP contribution >= 0.6 is 0 Å². The molecule has 0 radical (unpaired) electrons. The van der Waals surface area contributed by atoms with Crippen molar-refractivity contribution >= 4 is 11.6 Å². The number of carbonyl (C=O) groups is 1. The molecule has 0 bridgehead atoms. The number of nitrogens with one attached hydrogen (secondary N) is 1. The summed E-state index contributed by atoms with van der Waals surface area (Å²) in [5.41, 5.74) is 1.82. The van der Waals surface area contributed by atoms with E-state index in [1.165, 1.54) is 0 Å². The fourth-order valence-corrected chi connectivity index (χ4v) is 2.49. The van der Waals surface area contributed by atoms with Crippen LogP contribution in [0.5, 0.6) is 0 Å². The van der Waals surface area contributed by atoms with E-state index in [2.05, 4.69) is 10.3 Å². The Morgan fingerprint density at radius 2 is 2.33 bits per heavy atom. The number of carboxylic acids is 1. The maximum absolute atomic E-state index is 11.0. The molecule has 0 amide bonds. The molecule has 18 heavy (non-hydrogen) atoms. The summed E-state index contributed by atoms with van der Waals surface area (Å²) in [5.74, 6) is -0.775. The normalized spacial score (nSPS) is 24.2. The summed E-state index contributed by atoms with van der Waals surface area (Å²) in [7, 11) is 0. The number of hydrogen-bond acceptors (Lipinski definition) is 3. The molecule has 1 saturated heterocycles. The van der Waals surface area contributed by atoms with Crippen molar-refractivity contribution in [1.29, 1.82) is 0 Å². The number of fused-ring (bicyclic) bond motifs is 1. The molecule has 5 nitrogen and oxygen atoms in total. The Hall–Kier alpha value is -1.88. The Kier molecular flexibility index (Phi) is 2.76. The molecule has 2 aromatic heterocycles. The zero-order valence-corrected chi connectivity index (χ0v) is 9.91. The molecule has 2 N–H and O–H groups in total. The largest absolute Gasteiger partial charge is 0.480 e. The second-order valence-corrected chi connectivity index (χ2v) is 4.67. The van der Waals surface area contributed by atoms with Crippen LogP contribution in [-0.4, -0.2) is 26.5 Å². The Bertz CT molecular complexity index is 545. The third kappa shape index (κ3) is 1.97. The van der Waals surface area contributed by atoms with Crippen molar-refractivity contribution < 1.29 is 9.90 Å².